The van der Waals surface area contributed by atoms with E-state index in [0.717, 1.165) is 18.9 Å². The maximum Gasteiger partial charge on any atom is 0.234 e. The average molecular weight is 369 g/mol. The molecule has 1 heterocycles. The monoisotopic (exact) mass is 368 g/mol. The first-order chi connectivity index (χ1) is 11.5. The lowest BCUT2D eigenvalue weighted by Gasteiger charge is -2.20. The quantitative estimate of drug-likeness (QED) is 0.457. The van der Waals surface area contributed by atoms with Gasteiger partial charge in [-0.3, -0.25) is 4.79 Å². The average Bonchev–Trinajstić information content (AvgIpc) is 2.56. The number of amides is 1. The van der Waals surface area contributed by atoms with Crippen LogP contribution < -0.4 is 10.2 Å². The Balaban J connectivity index is 1.98. The van der Waals surface area contributed by atoms with Crippen LogP contribution in [0.4, 0.5) is 15.9 Å². The van der Waals surface area contributed by atoms with Gasteiger partial charge in [0.05, 0.1) is 5.75 Å². The second-order valence-electron chi connectivity index (χ2n) is 4.85. The number of carbonyl (C=O) groups excluding carboxylic acids is 1. The molecule has 0 aliphatic carbocycles. The fourth-order valence-electron chi connectivity index (χ4n) is 2.02. The molecule has 8 heteroatoms. The normalized spacial score (nSPS) is 10.5. The van der Waals surface area contributed by atoms with E-state index < -0.39 is 0 Å². The van der Waals surface area contributed by atoms with Crippen LogP contribution in [0.5, 0.6) is 0 Å². The van der Waals surface area contributed by atoms with Crippen LogP contribution in [0.2, 0.25) is 5.15 Å². The summed E-state index contributed by atoms with van der Waals surface area (Å²) in [6.07, 6.45) is 0. The van der Waals surface area contributed by atoms with Crippen LogP contribution in [0.1, 0.15) is 13.8 Å². The molecule has 0 atom stereocenters. The van der Waals surface area contributed by atoms with Gasteiger partial charge in [-0.1, -0.05) is 23.4 Å². The number of benzene rings is 1. The van der Waals surface area contributed by atoms with E-state index in [1.165, 1.54) is 36.0 Å². The number of aromatic nitrogens is 2. The summed E-state index contributed by atoms with van der Waals surface area (Å²) in [7, 11) is 0. The zero-order chi connectivity index (χ0) is 17.5. The number of thioether (sulfide) groups is 1. The molecular formula is C16H18ClFN4OS. The molecule has 2 rings (SSSR count). The number of halogens is 2. The standard InChI is InChI=1S/C16H18ClFN4OS/c1-3-22(4-2)14-9-13(17)20-16(21-14)24-10-15(23)19-12-7-5-11(18)6-8-12/h5-9H,3-4,10H2,1-2H3,(H,19,23). The van der Waals surface area contributed by atoms with Crippen molar-refractivity contribution in [2.24, 2.45) is 0 Å². The highest BCUT2D eigenvalue weighted by Crippen LogP contribution is 2.22. The molecule has 2 aromatic rings. The molecule has 0 saturated heterocycles. The molecule has 0 radical (unpaired) electrons. The van der Waals surface area contributed by atoms with Gasteiger partial charge in [-0.25, -0.2) is 14.4 Å². The van der Waals surface area contributed by atoms with Gasteiger partial charge in [-0.2, -0.15) is 0 Å². The third kappa shape index (κ3) is 5.35. The summed E-state index contributed by atoms with van der Waals surface area (Å²) >= 11 is 7.24. The number of nitrogens with zero attached hydrogens (tertiary/aromatic N) is 3. The summed E-state index contributed by atoms with van der Waals surface area (Å²) in [5, 5.41) is 3.47. The summed E-state index contributed by atoms with van der Waals surface area (Å²) in [5.41, 5.74) is 0.540. The van der Waals surface area contributed by atoms with Crippen LogP contribution in [0, 0.1) is 5.82 Å². The van der Waals surface area contributed by atoms with Crippen molar-refractivity contribution in [1.82, 2.24) is 9.97 Å². The van der Waals surface area contributed by atoms with Crippen molar-refractivity contribution in [1.29, 1.82) is 0 Å². The van der Waals surface area contributed by atoms with Crippen molar-refractivity contribution in [3.63, 3.8) is 0 Å². The van der Waals surface area contributed by atoms with Gasteiger partial charge in [0.2, 0.25) is 5.91 Å². The van der Waals surface area contributed by atoms with Gasteiger partial charge in [-0.05, 0) is 38.1 Å². The Morgan fingerprint density at radius 1 is 1.25 bits per heavy atom. The summed E-state index contributed by atoms with van der Waals surface area (Å²) in [6.45, 7) is 5.67. The van der Waals surface area contributed by atoms with Crippen LogP contribution in [-0.2, 0) is 4.79 Å². The van der Waals surface area contributed by atoms with Crippen molar-refractivity contribution in [2.45, 2.75) is 19.0 Å². The summed E-state index contributed by atoms with van der Waals surface area (Å²) in [6, 6.07) is 7.30. The highest BCUT2D eigenvalue weighted by molar-refractivity contribution is 7.99. The molecule has 0 saturated carbocycles. The second kappa shape index (κ2) is 8.84. The molecule has 0 bridgehead atoms. The molecule has 0 spiro atoms. The van der Waals surface area contributed by atoms with Crippen LogP contribution >= 0.6 is 23.4 Å². The highest BCUT2D eigenvalue weighted by atomic mass is 35.5. The van der Waals surface area contributed by atoms with Gasteiger partial charge in [0.25, 0.3) is 0 Å². The minimum absolute atomic E-state index is 0.134. The van der Waals surface area contributed by atoms with E-state index in [2.05, 4.69) is 20.2 Å². The second-order valence-corrected chi connectivity index (χ2v) is 6.18. The Kier molecular flexibility index (Phi) is 6.81. The lowest BCUT2D eigenvalue weighted by Crippen LogP contribution is -2.23. The third-order valence-electron chi connectivity index (χ3n) is 3.21. The molecule has 24 heavy (non-hydrogen) atoms. The molecule has 1 N–H and O–H groups in total. The van der Waals surface area contributed by atoms with Gasteiger partial charge >= 0.3 is 0 Å². The summed E-state index contributed by atoms with van der Waals surface area (Å²) in [4.78, 5) is 22.6. The Hall–Kier alpha value is -1.86. The molecule has 0 unspecified atom stereocenters. The molecule has 0 aliphatic heterocycles. The molecule has 128 valence electrons. The van der Waals surface area contributed by atoms with Crippen LogP contribution in [-0.4, -0.2) is 34.7 Å². The number of hydrogen-bond donors (Lipinski definition) is 1. The third-order valence-corrected chi connectivity index (χ3v) is 4.25. The molecule has 0 fully saturated rings. The minimum atomic E-state index is -0.348. The molecule has 0 aliphatic rings. The molecular weight excluding hydrogens is 351 g/mol. The Morgan fingerprint density at radius 2 is 1.92 bits per heavy atom. The Morgan fingerprint density at radius 3 is 2.54 bits per heavy atom. The van der Waals surface area contributed by atoms with Gasteiger partial charge in [0.15, 0.2) is 5.16 Å². The first-order valence-electron chi connectivity index (χ1n) is 7.49. The van der Waals surface area contributed by atoms with Crippen LogP contribution in [0.3, 0.4) is 0 Å². The van der Waals surface area contributed by atoms with Gasteiger partial charge in [0.1, 0.15) is 16.8 Å². The maximum absolute atomic E-state index is 12.8. The van der Waals surface area contributed by atoms with E-state index in [0.29, 0.717) is 16.0 Å². The topological polar surface area (TPSA) is 58.1 Å². The zero-order valence-corrected chi connectivity index (χ0v) is 15.0. The zero-order valence-electron chi connectivity index (χ0n) is 13.4. The number of rotatable bonds is 7. The molecule has 1 aromatic carbocycles. The summed E-state index contributed by atoms with van der Waals surface area (Å²) in [5.74, 6) is 0.301. The largest absolute Gasteiger partial charge is 0.357 e. The fraction of sp³-hybridized carbons (Fsp3) is 0.312. The van der Waals surface area contributed by atoms with Crippen molar-refractivity contribution >= 4 is 40.8 Å². The number of hydrogen-bond acceptors (Lipinski definition) is 5. The molecule has 1 aromatic heterocycles. The van der Waals surface area contributed by atoms with E-state index in [1.54, 1.807) is 6.07 Å². The van der Waals surface area contributed by atoms with E-state index in [1.807, 2.05) is 13.8 Å². The van der Waals surface area contributed by atoms with Gasteiger partial charge < -0.3 is 10.2 Å². The first-order valence-corrected chi connectivity index (χ1v) is 8.86. The smallest absolute Gasteiger partial charge is 0.234 e. The number of nitrogens with one attached hydrogen (secondary N) is 1. The maximum atomic E-state index is 12.8. The van der Waals surface area contributed by atoms with E-state index in [-0.39, 0.29) is 17.5 Å². The Labute approximate surface area is 149 Å². The van der Waals surface area contributed by atoms with Crippen molar-refractivity contribution in [3.8, 4) is 0 Å². The van der Waals surface area contributed by atoms with Crippen LogP contribution in [0.25, 0.3) is 0 Å². The molecule has 5 nitrogen and oxygen atoms in total. The van der Waals surface area contributed by atoms with Gasteiger partial charge in [0, 0.05) is 24.8 Å². The SMILES string of the molecule is CCN(CC)c1cc(Cl)nc(SCC(=O)Nc2ccc(F)cc2)n1. The first kappa shape index (κ1) is 18.5. The Bertz CT molecular complexity index is 695. The number of carbonyl (C=O) groups is 1. The summed E-state index contributed by atoms with van der Waals surface area (Å²) < 4.78 is 12.8. The van der Waals surface area contributed by atoms with Crippen LogP contribution in [0.15, 0.2) is 35.5 Å². The molecule has 1 amide bonds. The minimum Gasteiger partial charge on any atom is -0.357 e. The number of anilines is 2. The predicted molar refractivity (Wildman–Crippen MR) is 96.4 cm³/mol. The van der Waals surface area contributed by atoms with E-state index in [9.17, 15) is 9.18 Å². The lowest BCUT2D eigenvalue weighted by atomic mass is 10.3. The van der Waals surface area contributed by atoms with Crippen molar-refractivity contribution in [3.05, 3.63) is 41.3 Å². The predicted octanol–water partition coefficient (Wildman–Crippen LogP) is 3.85. The van der Waals surface area contributed by atoms with Gasteiger partial charge in [-0.15, -0.1) is 0 Å². The highest BCUT2D eigenvalue weighted by Gasteiger charge is 2.11. The van der Waals surface area contributed by atoms with Crippen molar-refractivity contribution < 1.29 is 9.18 Å². The lowest BCUT2D eigenvalue weighted by molar-refractivity contribution is -0.113. The van der Waals surface area contributed by atoms with E-state index in [4.69, 9.17) is 11.6 Å². The van der Waals surface area contributed by atoms with E-state index >= 15 is 0 Å². The fourth-order valence-corrected chi connectivity index (χ4v) is 2.90. The van der Waals surface area contributed by atoms with Crippen molar-refractivity contribution in [2.75, 3.05) is 29.1 Å².